The highest BCUT2D eigenvalue weighted by Gasteiger charge is 2.37. The number of carbonyl (C=O) groups excluding carboxylic acids is 2. The number of rotatable bonds is 1. The van der Waals surface area contributed by atoms with E-state index < -0.39 is 35.2 Å². The van der Waals surface area contributed by atoms with Crippen molar-refractivity contribution in [3.8, 4) is 5.75 Å². The van der Waals surface area contributed by atoms with Crippen LogP contribution in [0.15, 0.2) is 18.2 Å². The van der Waals surface area contributed by atoms with Gasteiger partial charge in [-0.05, 0) is 51.8 Å². The van der Waals surface area contributed by atoms with Gasteiger partial charge in [0.15, 0.2) is 0 Å². The summed E-state index contributed by atoms with van der Waals surface area (Å²) in [5.41, 5.74) is 3.60. The summed E-state index contributed by atoms with van der Waals surface area (Å²) in [5, 5.41) is 8.84. The molecular weight excluding hydrogens is 381 g/mol. The van der Waals surface area contributed by atoms with Gasteiger partial charge in [0.25, 0.3) is 0 Å². The molecule has 7 nitrogen and oxygen atoms in total. The third-order valence-corrected chi connectivity index (χ3v) is 3.71. The van der Waals surface area contributed by atoms with Crippen molar-refractivity contribution < 1.29 is 37.3 Å². The Hall–Kier alpha value is -2.65. The molecule has 1 aliphatic heterocycles. The minimum absolute atomic E-state index is 0.0667. The molecule has 1 amide bonds. The number of benzene rings is 1. The van der Waals surface area contributed by atoms with Crippen molar-refractivity contribution in [1.82, 2.24) is 4.90 Å². The second-order valence-corrected chi connectivity index (χ2v) is 7.13. The van der Waals surface area contributed by atoms with Gasteiger partial charge in [-0.3, -0.25) is 4.90 Å². The zero-order valence-electron chi connectivity index (χ0n) is 16.2. The molecule has 1 aromatic carbocycles. The van der Waals surface area contributed by atoms with Crippen molar-refractivity contribution in [1.29, 1.82) is 0 Å². The summed E-state index contributed by atoms with van der Waals surface area (Å²) >= 11 is 0. The summed E-state index contributed by atoms with van der Waals surface area (Å²) in [7, 11) is 1.33. The van der Waals surface area contributed by atoms with Crippen LogP contribution in [0.4, 0.5) is 23.7 Å². The van der Waals surface area contributed by atoms with Gasteiger partial charge in [0.2, 0.25) is 0 Å². The number of phenols is 1. The predicted octanol–water partition coefficient (Wildman–Crippen LogP) is 3.55. The molecule has 0 aromatic heterocycles. The molecule has 1 unspecified atom stereocenters. The Morgan fingerprint density at radius 2 is 1.86 bits per heavy atom. The number of carbonyl (C=O) groups is 2. The van der Waals surface area contributed by atoms with Gasteiger partial charge in [0.1, 0.15) is 17.4 Å². The number of nitrogens with zero attached hydrogens (tertiary/aromatic N) is 1. The molecule has 0 spiro atoms. The van der Waals surface area contributed by atoms with E-state index in [1.807, 2.05) is 0 Å². The highest BCUT2D eigenvalue weighted by molar-refractivity contribution is 5.82. The topological polar surface area (TPSA) is 102 Å². The first-order chi connectivity index (χ1) is 12.8. The fraction of sp³-hybridized carbons (Fsp3) is 0.556. The third kappa shape index (κ3) is 6.82. The number of hydrogen-bond donors (Lipinski definition) is 2. The Bertz CT molecular complexity index is 701. The molecule has 1 aliphatic rings. The molecule has 1 aromatic rings. The standard InChI is InChI=1S/C11H19NO4.C7H6F3NO/c1-11(2,3)16-10(14)12-7-5-6-8(12)9(13)15-4;8-7(9,10)4-1-2-5(11)6(12)3-4/h8H,5-7H2,1-4H3;1-3,12H,11H2. The SMILES string of the molecule is COC(=O)C1CCCN1C(=O)OC(C)(C)C.Nc1ccc(C(F)(F)F)cc1O. The molecule has 0 radical (unpaired) electrons. The van der Waals surface area contributed by atoms with Gasteiger partial charge in [-0.15, -0.1) is 0 Å². The monoisotopic (exact) mass is 406 g/mol. The third-order valence-electron chi connectivity index (χ3n) is 3.71. The number of aromatic hydroxyl groups is 1. The van der Waals surface area contributed by atoms with Gasteiger partial charge in [-0.1, -0.05) is 0 Å². The molecule has 1 atom stereocenters. The lowest BCUT2D eigenvalue weighted by molar-refractivity contribution is -0.145. The van der Waals surface area contributed by atoms with Crippen LogP contribution in [0.5, 0.6) is 5.75 Å². The number of likely N-dealkylation sites (tertiary alicyclic amines) is 1. The summed E-state index contributed by atoms with van der Waals surface area (Å²) in [5.74, 6) is -0.923. The number of methoxy groups -OCH3 is 1. The van der Waals surface area contributed by atoms with Gasteiger partial charge in [-0.2, -0.15) is 13.2 Å². The lowest BCUT2D eigenvalue weighted by Crippen LogP contribution is -2.43. The van der Waals surface area contributed by atoms with Crippen molar-refractivity contribution >= 4 is 17.7 Å². The van der Waals surface area contributed by atoms with E-state index in [2.05, 4.69) is 4.74 Å². The van der Waals surface area contributed by atoms with E-state index in [0.717, 1.165) is 18.6 Å². The van der Waals surface area contributed by atoms with Gasteiger partial charge in [-0.25, -0.2) is 9.59 Å². The Kier molecular flexibility index (Phi) is 7.54. The first kappa shape index (κ1) is 23.4. The molecule has 1 fully saturated rings. The average Bonchev–Trinajstić information content (AvgIpc) is 3.04. The summed E-state index contributed by atoms with van der Waals surface area (Å²) in [6.45, 7) is 5.95. The Balaban J connectivity index is 0.000000292. The normalized spacial score (nSPS) is 16.8. The molecule has 1 heterocycles. The van der Waals surface area contributed by atoms with E-state index in [9.17, 15) is 22.8 Å². The van der Waals surface area contributed by atoms with Crippen LogP contribution in [-0.4, -0.2) is 47.4 Å². The lowest BCUT2D eigenvalue weighted by Gasteiger charge is -2.27. The maximum atomic E-state index is 11.9. The maximum Gasteiger partial charge on any atom is 0.416 e. The zero-order chi connectivity index (χ0) is 21.7. The van der Waals surface area contributed by atoms with E-state index in [-0.39, 0.29) is 11.7 Å². The second kappa shape index (κ2) is 9.03. The lowest BCUT2D eigenvalue weighted by atomic mass is 10.2. The molecule has 0 saturated carbocycles. The number of phenolic OH excluding ortho intramolecular Hbond substituents is 1. The van der Waals surface area contributed by atoms with E-state index >= 15 is 0 Å². The van der Waals surface area contributed by atoms with Crippen LogP contribution in [0.25, 0.3) is 0 Å². The second-order valence-electron chi connectivity index (χ2n) is 7.13. The van der Waals surface area contributed by atoms with Crippen LogP contribution in [0.2, 0.25) is 0 Å². The zero-order valence-corrected chi connectivity index (χ0v) is 16.2. The molecule has 0 aliphatic carbocycles. The maximum absolute atomic E-state index is 11.9. The number of alkyl halides is 3. The average molecular weight is 406 g/mol. The van der Waals surface area contributed by atoms with Crippen LogP contribution >= 0.6 is 0 Å². The Labute approximate surface area is 161 Å². The van der Waals surface area contributed by atoms with E-state index in [1.165, 1.54) is 12.0 Å². The number of nitrogens with two attached hydrogens (primary N) is 1. The van der Waals surface area contributed by atoms with Crippen molar-refractivity contribution in [3.05, 3.63) is 23.8 Å². The summed E-state index contributed by atoms with van der Waals surface area (Å²) in [6, 6.07) is 1.93. The Morgan fingerprint density at radius 1 is 1.25 bits per heavy atom. The molecular formula is C18H25F3N2O5. The van der Waals surface area contributed by atoms with Crippen LogP contribution in [-0.2, 0) is 20.4 Å². The molecule has 0 bridgehead atoms. The van der Waals surface area contributed by atoms with Gasteiger partial charge in [0.05, 0.1) is 18.4 Å². The van der Waals surface area contributed by atoms with E-state index in [1.54, 1.807) is 20.8 Å². The number of amides is 1. The van der Waals surface area contributed by atoms with Crippen molar-refractivity contribution in [3.63, 3.8) is 0 Å². The van der Waals surface area contributed by atoms with Crippen LogP contribution in [0.3, 0.4) is 0 Å². The number of esters is 1. The minimum atomic E-state index is -4.44. The Morgan fingerprint density at radius 3 is 2.32 bits per heavy atom. The van der Waals surface area contributed by atoms with Crippen LogP contribution in [0, 0.1) is 0 Å². The molecule has 1 saturated heterocycles. The van der Waals surface area contributed by atoms with Gasteiger partial charge < -0.3 is 20.3 Å². The van der Waals surface area contributed by atoms with Crippen LogP contribution in [0.1, 0.15) is 39.2 Å². The highest BCUT2D eigenvalue weighted by atomic mass is 19.4. The number of halogens is 3. The summed E-state index contributed by atoms with van der Waals surface area (Å²) < 4.78 is 45.7. The van der Waals surface area contributed by atoms with E-state index in [0.29, 0.717) is 19.0 Å². The van der Waals surface area contributed by atoms with Crippen molar-refractivity contribution in [2.75, 3.05) is 19.4 Å². The van der Waals surface area contributed by atoms with Crippen LogP contribution < -0.4 is 5.73 Å². The molecule has 158 valence electrons. The number of ether oxygens (including phenoxy) is 2. The first-order valence-electron chi connectivity index (χ1n) is 8.49. The summed E-state index contributed by atoms with van der Waals surface area (Å²) in [6.07, 6.45) is -3.43. The van der Waals surface area contributed by atoms with Crippen molar-refractivity contribution in [2.45, 2.75) is 51.4 Å². The van der Waals surface area contributed by atoms with Gasteiger partial charge in [0, 0.05) is 6.54 Å². The van der Waals surface area contributed by atoms with Crippen molar-refractivity contribution in [2.24, 2.45) is 0 Å². The number of nitrogen functional groups attached to an aromatic ring is 1. The largest absolute Gasteiger partial charge is 0.506 e. The fourth-order valence-electron chi connectivity index (χ4n) is 2.41. The number of hydrogen-bond acceptors (Lipinski definition) is 6. The number of anilines is 1. The predicted molar refractivity (Wildman–Crippen MR) is 95.5 cm³/mol. The van der Waals surface area contributed by atoms with E-state index in [4.69, 9.17) is 15.6 Å². The highest BCUT2D eigenvalue weighted by Crippen LogP contribution is 2.33. The minimum Gasteiger partial charge on any atom is -0.506 e. The molecule has 2 rings (SSSR count). The molecule has 3 N–H and O–H groups in total. The summed E-state index contributed by atoms with van der Waals surface area (Å²) in [4.78, 5) is 24.7. The van der Waals surface area contributed by atoms with Gasteiger partial charge >= 0.3 is 18.2 Å². The quantitative estimate of drug-likeness (QED) is 0.420. The smallest absolute Gasteiger partial charge is 0.416 e. The molecule has 28 heavy (non-hydrogen) atoms. The fourth-order valence-corrected chi connectivity index (χ4v) is 2.41. The first-order valence-corrected chi connectivity index (χ1v) is 8.49. The molecule has 10 heteroatoms.